The van der Waals surface area contributed by atoms with E-state index in [1.807, 2.05) is 29.9 Å². The number of anilines is 2. The summed E-state index contributed by atoms with van der Waals surface area (Å²) in [6, 6.07) is 9.25. The molecule has 0 spiro atoms. The molecular formula is C39H47N15O6. The lowest BCUT2D eigenvalue weighted by Crippen LogP contribution is -2.31. The van der Waals surface area contributed by atoms with E-state index in [1.165, 1.54) is 6.07 Å². The van der Waals surface area contributed by atoms with Crippen molar-refractivity contribution in [2.75, 3.05) is 30.4 Å². The normalized spacial score (nSPS) is 13.3. The summed E-state index contributed by atoms with van der Waals surface area (Å²) >= 11 is 0. The molecule has 0 radical (unpaired) electrons. The maximum absolute atomic E-state index is 13.8. The standard InChI is InChI=1S/C39H47N15O6/c1-5-52-27(13-20(3)49-52)35(57)47-38-45-25-15-22(33(40)55)17-29(59-12-8-10-44-37(42)43)31(25)51(38)11-7-9-24-19-60-30-18-23(34(41)56)16-26-32(30)54(24)39(46-26)48-36(58)28-14-21(4)50-53(28)6-2/h13-18,24H,5-12,19H2,1-4H3,(H2,40,55)(H2,41,56)(H4,42,43,44)(H,45,47,57)(H,46,48,58)/t24-/m0/s1. The maximum Gasteiger partial charge on any atom is 0.276 e. The number of aryl methyl sites for hydroxylation is 5. The van der Waals surface area contributed by atoms with Crippen molar-refractivity contribution in [2.45, 2.75) is 72.6 Å². The van der Waals surface area contributed by atoms with E-state index in [2.05, 4.69) is 26.1 Å². The van der Waals surface area contributed by atoms with Gasteiger partial charge in [0.15, 0.2) is 5.96 Å². The Morgan fingerprint density at radius 3 is 2.00 bits per heavy atom. The fourth-order valence-electron chi connectivity index (χ4n) is 7.39. The highest BCUT2D eigenvalue weighted by atomic mass is 16.5. The molecule has 60 heavy (non-hydrogen) atoms. The van der Waals surface area contributed by atoms with Crippen molar-refractivity contribution in [3.8, 4) is 11.5 Å². The lowest BCUT2D eigenvalue weighted by molar-refractivity contribution is 0.0991. The van der Waals surface area contributed by atoms with Crippen LogP contribution in [-0.4, -0.2) is 88.0 Å². The highest BCUT2D eigenvalue weighted by molar-refractivity contribution is 6.05. The molecule has 314 valence electrons. The van der Waals surface area contributed by atoms with Crippen molar-refractivity contribution < 1.29 is 28.7 Å². The largest absolute Gasteiger partial charge is 0.491 e. The fraction of sp³-hybridized carbons (Fsp3) is 0.359. The van der Waals surface area contributed by atoms with E-state index in [4.69, 9.17) is 42.1 Å². The van der Waals surface area contributed by atoms with Gasteiger partial charge >= 0.3 is 0 Å². The summed E-state index contributed by atoms with van der Waals surface area (Å²) in [6.45, 7) is 9.38. The Kier molecular flexibility index (Phi) is 11.4. The van der Waals surface area contributed by atoms with Crippen LogP contribution in [0, 0.1) is 19.3 Å². The number of benzene rings is 2. The third-order valence-electron chi connectivity index (χ3n) is 10.1. The average molecular weight is 822 g/mol. The van der Waals surface area contributed by atoms with Crippen LogP contribution >= 0.6 is 0 Å². The number of nitrogens with one attached hydrogen (secondary N) is 4. The first-order valence-electron chi connectivity index (χ1n) is 19.5. The quantitative estimate of drug-likeness (QED) is 0.0397. The number of nitrogens with zero attached hydrogens (tertiary/aromatic N) is 8. The topological polar surface area (TPSA) is 296 Å². The van der Waals surface area contributed by atoms with Crippen LogP contribution in [0.4, 0.5) is 11.9 Å². The molecule has 4 aromatic heterocycles. The fourth-order valence-corrected chi connectivity index (χ4v) is 7.39. The van der Waals surface area contributed by atoms with Crippen LogP contribution in [0.15, 0.2) is 36.4 Å². The van der Waals surface area contributed by atoms with Gasteiger partial charge in [-0.25, -0.2) is 9.97 Å². The third-order valence-corrected chi connectivity index (χ3v) is 10.1. The number of primary amides is 2. The smallest absolute Gasteiger partial charge is 0.276 e. The average Bonchev–Trinajstić information content (AvgIpc) is 3.98. The summed E-state index contributed by atoms with van der Waals surface area (Å²) in [4.78, 5) is 61.7. The van der Waals surface area contributed by atoms with Crippen LogP contribution in [0.2, 0.25) is 0 Å². The zero-order valence-electron chi connectivity index (χ0n) is 33.7. The molecule has 0 unspecified atom stereocenters. The minimum absolute atomic E-state index is 0.162. The highest BCUT2D eigenvalue weighted by Gasteiger charge is 2.30. The van der Waals surface area contributed by atoms with E-state index in [0.717, 1.165) is 0 Å². The molecule has 0 saturated heterocycles. The maximum atomic E-state index is 13.8. The van der Waals surface area contributed by atoms with Gasteiger partial charge in [0.25, 0.3) is 11.8 Å². The number of carbonyl (C=O) groups is 4. The first-order chi connectivity index (χ1) is 28.8. The van der Waals surface area contributed by atoms with Gasteiger partial charge in [0.05, 0.1) is 35.1 Å². The van der Waals surface area contributed by atoms with Gasteiger partial charge in [0, 0.05) is 37.3 Å². The minimum Gasteiger partial charge on any atom is -0.491 e. The number of ether oxygens (including phenoxy) is 2. The van der Waals surface area contributed by atoms with E-state index in [9.17, 15) is 19.2 Å². The Hall–Kier alpha value is -7.45. The monoisotopic (exact) mass is 821 g/mol. The van der Waals surface area contributed by atoms with Gasteiger partial charge in [-0.1, -0.05) is 0 Å². The molecule has 21 nitrogen and oxygen atoms in total. The summed E-state index contributed by atoms with van der Waals surface area (Å²) in [7, 11) is 0. The Balaban J connectivity index is 1.24. The molecule has 6 aromatic rings. The SMILES string of the molecule is CCn1nc(C)cc1C(=O)Nc1nc2cc(C(N)=O)cc(OCCCNC(=N)N)c2n1CCC[C@H]1COc2cc(C(N)=O)cc3nc(NC(=O)c4cc(C)nn4CC)n1c23. The van der Waals surface area contributed by atoms with Crippen LogP contribution in [-0.2, 0) is 19.6 Å². The zero-order chi connectivity index (χ0) is 42.8. The van der Waals surface area contributed by atoms with Crippen LogP contribution < -0.4 is 42.6 Å². The molecule has 1 atom stereocenters. The summed E-state index contributed by atoms with van der Waals surface area (Å²) in [5, 5.41) is 24.9. The Morgan fingerprint density at radius 2 is 1.40 bits per heavy atom. The van der Waals surface area contributed by atoms with E-state index in [1.54, 1.807) is 46.6 Å². The number of carbonyl (C=O) groups excluding carboxylic acids is 4. The van der Waals surface area contributed by atoms with Crippen molar-refractivity contribution in [3.63, 3.8) is 0 Å². The van der Waals surface area contributed by atoms with Crippen molar-refractivity contribution in [1.29, 1.82) is 5.41 Å². The molecular weight excluding hydrogens is 775 g/mol. The van der Waals surface area contributed by atoms with Crippen molar-refractivity contribution >= 4 is 63.6 Å². The lowest BCUT2D eigenvalue weighted by atomic mass is 10.1. The van der Waals surface area contributed by atoms with E-state index in [-0.39, 0.29) is 48.2 Å². The van der Waals surface area contributed by atoms with Gasteiger partial charge in [0.2, 0.25) is 23.7 Å². The number of amides is 4. The van der Waals surface area contributed by atoms with Crippen molar-refractivity contribution in [3.05, 3.63) is 70.3 Å². The van der Waals surface area contributed by atoms with Crippen LogP contribution in [0.1, 0.15) is 92.2 Å². The van der Waals surface area contributed by atoms with E-state index >= 15 is 0 Å². The Labute approximate surface area is 343 Å². The predicted octanol–water partition coefficient (Wildman–Crippen LogP) is 2.80. The van der Waals surface area contributed by atoms with Gasteiger partial charge in [-0.3, -0.25) is 44.6 Å². The first kappa shape index (κ1) is 40.7. The Morgan fingerprint density at radius 1 is 0.817 bits per heavy atom. The third kappa shape index (κ3) is 8.13. The minimum atomic E-state index is -0.688. The second-order valence-electron chi connectivity index (χ2n) is 14.3. The summed E-state index contributed by atoms with van der Waals surface area (Å²) in [6.07, 6.45) is 1.44. The molecule has 0 aliphatic carbocycles. The van der Waals surface area contributed by atoms with Gasteiger partial charge in [0.1, 0.15) is 40.5 Å². The molecule has 1 aliphatic heterocycles. The molecule has 0 bridgehead atoms. The number of nitrogens with two attached hydrogens (primary N) is 3. The molecule has 0 saturated carbocycles. The highest BCUT2D eigenvalue weighted by Crippen LogP contribution is 2.39. The van der Waals surface area contributed by atoms with Crippen molar-refractivity contribution in [2.24, 2.45) is 17.2 Å². The van der Waals surface area contributed by atoms with Gasteiger partial charge in [-0.2, -0.15) is 10.2 Å². The molecule has 4 amide bonds. The molecule has 10 N–H and O–H groups in total. The predicted molar refractivity (Wildman–Crippen MR) is 221 cm³/mol. The number of rotatable bonds is 17. The molecule has 7 rings (SSSR count). The molecule has 2 aromatic carbocycles. The Bertz CT molecular complexity index is 2670. The van der Waals surface area contributed by atoms with Gasteiger partial charge < -0.3 is 41.1 Å². The van der Waals surface area contributed by atoms with E-state index in [0.29, 0.717) is 102 Å². The van der Waals surface area contributed by atoms with Crippen molar-refractivity contribution in [1.82, 2.24) is 44.0 Å². The molecule has 21 heteroatoms. The number of hydrogen-bond acceptors (Lipinski definition) is 11. The molecule has 0 fully saturated rings. The second kappa shape index (κ2) is 16.8. The number of fused-ring (bicyclic) bond motifs is 1. The first-order valence-corrected chi connectivity index (χ1v) is 19.5. The van der Waals surface area contributed by atoms with Crippen LogP contribution in [0.25, 0.3) is 22.1 Å². The van der Waals surface area contributed by atoms with Crippen LogP contribution in [0.5, 0.6) is 11.5 Å². The number of aromatic nitrogens is 8. The van der Waals surface area contributed by atoms with E-state index < -0.39 is 23.6 Å². The second-order valence-corrected chi connectivity index (χ2v) is 14.3. The summed E-state index contributed by atoms with van der Waals surface area (Å²) in [5.74, 6) is -1.18. The summed E-state index contributed by atoms with van der Waals surface area (Å²) < 4.78 is 19.4. The number of imidazole rings is 2. The lowest BCUT2D eigenvalue weighted by Gasteiger charge is -2.27. The number of hydrogen-bond donors (Lipinski definition) is 7. The zero-order valence-corrected chi connectivity index (χ0v) is 33.7. The van der Waals surface area contributed by atoms with Crippen LogP contribution in [0.3, 0.4) is 0 Å². The molecule has 1 aliphatic rings. The van der Waals surface area contributed by atoms with Gasteiger partial charge in [-0.15, -0.1) is 0 Å². The number of guanidine groups is 1. The molecule has 5 heterocycles. The van der Waals surface area contributed by atoms with Gasteiger partial charge in [-0.05, 0) is 83.4 Å². The summed E-state index contributed by atoms with van der Waals surface area (Å²) in [5.41, 5.74) is 21.1.